The molecule has 0 saturated heterocycles. The molecular formula is C8H11BrN2O. The van der Waals surface area contributed by atoms with Crippen LogP contribution in [-0.4, -0.2) is 11.7 Å². The van der Waals surface area contributed by atoms with E-state index in [1.165, 1.54) is 0 Å². The van der Waals surface area contributed by atoms with Gasteiger partial charge in [-0.15, -0.1) is 0 Å². The van der Waals surface area contributed by atoms with E-state index in [-0.39, 0.29) is 11.8 Å². The fourth-order valence-electron chi connectivity index (χ4n) is 0.944. The molecule has 1 rings (SSSR count). The lowest BCUT2D eigenvalue weighted by molar-refractivity contribution is 0.474. The lowest BCUT2D eigenvalue weighted by Crippen LogP contribution is -2.20. The summed E-state index contributed by atoms with van der Waals surface area (Å²) in [5, 5.41) is 9.09. The van der Waals surface area contributed by atoms with Gasteiger partial charge in [0.05, 0.1) is 0 Å². The molecule has 4 heteroatoms. The van der Waals surface area contributed by atoms with Gasteiger partial charge in [-0.2, -0.15) is 0 Å². The second-order valence-electron chi connectivity index (χ2n) is 2.55. The van der Waals surface area contributed by atoms with Crippen LogP contribution < -0.4 is 11.5 Å². The molecule has 0 aromatic heterocycles. The second-order valence-corrected chi connectivity index (χ2v) is 3.40. The third kappa shape index (κ3) is 1.97. The SMILES string of the molecule is NC[C@@H](N)c1ccc(O)cc1Br. The van der Waals surface area contributed by atoms with Crippen LogP contribution in [0.2, 0.25) is 0 Å². The molecule has 0 saturated carbocycles. The van der Waals surface area contributed by atoms with E-state index in [9.17, 15) is 0 Å². The van der Waals surface area contributed by atoms with Crippen LogP contribution in [0.25, 0.3) is 0 Å². The monoisotopic (exact) mass is 230 g/mol. The molecule has 1 aromatic carbocycles. The second kappa shape index (κ2) is 3.89. The van der Waals surface area contributed by atoms with Gasteiger partial charge in [0.1, 0.15) is 5.75 Å². The minimum atomic E-state index is -0.181. The first-order chi connectivity index (χ1) is 5.65. The quantitative estimate of drug-likeness (QED) is 0.713. The normalized spacial score (nSPS) is 12.9. The van der Waals surface area contributed by atoms with E-state index in [0.717, 1.165) is 10.0 Å². The summed E-state index contributed by atoms with van der Waals surface area (Å²) in [4.78, 5) is 0. The summed E-state index contributed by atoms with van der Waals surface area (Å²) in [5.74, 6) is 0.217. The van der Waals surface area contributed by atoms with Crippen molar-refractivity contribution in [1.29, 1.82) is 0 Å². The summed E-state index contributed by atoms with van der Waals surface area (Å²) < 4.78 is 0.792. The molecule has 0 spiro atoms. The van der Waals surface area contributed by atoms with Gasteiger partial charge in [-0.25, -0.2) is 0 Å². The van der Waals surface area contributed by atoms with Crippen molar-refractivity contribution in [3.8, 4) is 5.75 Å². The molecule has 3 nitrogen and oxygen atoms in total. The van der Waals surface area contributed by atoms with Gasteiger partial charge in [-0.05, 0) is 17.7 Å². The van der Waals surface area contributed by atoms with Crippen molar-refractivity contribution in [2.45, 2.75) is 6.04 Å². The standard InChI is InChI=1S/C8H11BrN2O/c9-7-3-5(12)1-2-6(7)8(11)4-10/h1-3,8,12H,4,10-11H2/t8-/m1/s1. The zero-order chi connectivity index (χ0) is 9.14. The van der Waals surface area contributed by atoms with E-state index in [2.05, 4.69) is 15.9 Å². The predicted octanol–water partition coefficient (Wildman–Crippen LogP) is 1.11. The molecule has 5 N–H and O–H groups in total. The van der Waals surface area contributed by atoms with E-state index >= 15 is 0 Å². The van der Waals surface area contributed by atoms with E-state index in [1.807, 2.05) is 0 Å². The minimum Gasteiger partial charge on any atom is -0.508 e. The van der Waals surface area contributed by atoms with Gasteiger partial charge < -0.3 is 16.6 Å². The van der Waals surface area contributed by atoms with Gasteiger partial charge >= 0.3 is 0 Å². The molecule has 0 aliphatic carbocycles. The average Bonchev–Trinajstić information content (AvgIpc) is 2.03. The Morgan fingerprint density at radius 3 is 2.67 bits per heavy atom. The van der Waals surface area contributed by atoms with Gasteiger partial charge in [0, 0.05) is 17.1 Å². The van der Waals surface area contributed by atoms with Crippen molar-refractivity contribution in [3.63, 3.8) is 0 Å². The molecule has 0 heterocycles. The lowest BCUT2D eigenvalue weighted by atomic mass is 10.1. The molecule has 0 fully saturated rings. The van der Waals surface area contributed by atoms with E-state index in [0.29, 0.717) is 6.54 Å². The largest absolute Gasteiger partial charge is 0.508 e. The Kier molecular flexibility index (Phi) is 3.08. The maximum absolute atomic E-state index is 9.09. The molecule has 0 aliphatic heterocycles. The van der Waals surface area contributed by atoms with E-state index < -0.39 is 0 Å². The average molecular weight is 231 g/mol. The summed E-state index contributed by atoms with van der Waals surface area (Å²) in [6, 6.07) is 4.78. The molecule has 1 atom stereocenters. The summed E-state index contributed by atoms with van der Waals surface area (Å²) in [7, 11) is 0. The number of hydrogen-bond donors (Lipinski definition) is 3. The molecule has 12 heavy (non-hydrogen) atoms. The van der Waals surface area contributed by atoms with Crippen LogP contribution in [0, 0.1) is 0 Å². The van der Waals surface area contributed by atoms with Crippen molar-refractivity contribution in [3.05, 3.63) is 28.2 Å². The number of rotatable bonds is 2. The lowest BCUT2D eigenvalue weighted by Gasteiger charge is -2.10. The van der Waals surface area contributed by atoms with Crippen LogP contribution in [0.3, 0.4) is 0 Å². The fraction of sp³-hybridized carbons (Fsp3) is 0.250. The van der Waals surface area contributed by atoms with Crippen LogP contribution in [-0.2, 0) is 0 Å². The predicted molar refractivity (Wildman–Crippen MR) is 51.8 cm³/mol. The molecule has 0 bridgehead atoms. The van der Waals surface area contributed by atoms with E-state index in [4.69, 9.17) is 16.6 Å². The highest BCUT2D eigenvalue weighted by Gasteiger charge is 2.07. The van der Waals surface area contributed by atoms with Crippen molar-refractivity contribution in [1.82, 2.24) is 0 Å². The maximum Gasteiger partial charge on any atom is 0.116 e. The Morgan fingerprint density at radius 1 is 1.50 bits per heavy atom. The van der Waals surface area contributed by atoms with Gasteiger partial charge in [-0.1, -0.05) is 22.0 Å². The van der Waals surface area contributed by atoms with Crippen LogP contribution in [0.4, 0.5) is 0 Å². The van der Waals surface area contributed by atoms with Crippen LogP contribution in [0.1, 0.15) is 11.6 Å². The smallest absolute Gasteiger partial charge is 0.116 e. The number of nitrogens with two attached hydrogens (primary N) is 2. The Bertz CT molecular complexity index is 278. The highest BCUT2D eigenvalue weighted by molar-refractivity contribution is 9.10. The van der Waals surface area contributed by atoms with Crippen molar-refractivity contribution < 1.29 is 5.11 Å². The number of halogens is 1. The first-order valence-corrected chi connectivity index (χ1v) is 4.38. The molecular weight excluding hydrogens is 220 g/mol. The first kappa shape index (κ1) is 9.51. The highest BCUT2D eigenvalue weighted by Crippen LogP contribution is 2.25. The molecule has 1 aromatic rings. The van der Waals surface area contributed by atoms with Gasteiger partial charge in [0.15, 0.2) is 0 Å². The van der Waals surface area contributed by atoms with Crippen molar-refractivity contribution >= 4 is 15.9 Å². The maximum atomic E-state index is 9.09. The zero-order valence-corrected chi connectivity index (χ0v) is 8.08. The Hall–Kier alpha value is -0.580. The Morgan fingerprint density at radius 2 is 2.17 bits per heavy atom. The van der Waals surface area contributed by atoms with Crippen LogP contribution in [0.15, 0.2) is 22.7 Å². The number of phenolic OH excluding ortho intramolecular Hbond substituents is 1. The van der Waals surface area contributed by atoms with Gasteiger partial charge in [-0.3, -0.25) is 0 Å². The van der Waals surface area contributed by atoms with Crippen LogP contribution in [0.5, 0.6) is 5.75 Å². The third-order valence-corrected chi connectivity index (χ3v) is 2.32. The van der Waals surface area contributed by atoms with Crippen molar-refractivity contribution in [2.24, 2.45) is 11.5 Å². The Labute approximate surface area is 79.5 Å². The molecule has 0 unspecified atom stereocenters. The summed E-state index contributed by atoms with van der Waals surface area (Å²) in [5.41, 5.74) is 12.0. The first-order valence-electron chi connectivity index (χ1n) is 3.59. The number of hydrogen-bond acceptors (Lipinski definition) is 3. The summed E-state index contributed by atoms with van der Waals surface area (Å²) >= 11 is 3.29. The summed E-state index contributed by atoms with van der Waals surface area (Å²) in [6.07, 6.45) is 0. The highest BCUT2D eigenvalue weighted by atomic mass is 79.9. The topological polar surface area (TPSA) is 72.3 Å². The zero-order valence-electron chi connectivity index (χ0n) is 6.50. The molecule has 0 radical (unpaired) electrons. The fourth-order valence-corrected chi connectivity index (χ4v) is 1.60. The van der Waals surface area contributed by atoms with Gasteiger partial charge in [0.2, 0.25) is 0 Å². The summed E-state index contributed by atoms with van der Waals surface area (Å²) in [6.45, 7) is 0.392. The van der Waals surface area contributed by atoms with Crippen LogP contribution >= 0.6 is 15.9 Å². The molecule has 66 valence electrons. The Balaban J connectivity index is 3.01. The van der Waals surface area contributed by atoms with Crippen molar-refractivity contribution in [2.75, 3.05) is 6.54 Å². The third-order valence-electron chi connectivity index (χ3n) is 1.64. The molecule has 0 aliphatic rings. The number of benzene rings is 1. The number of aromatic hydroxyl groups is 1. The number of phenols is 1. The van der Waals surface area contributed by atoms with Gasteiger partial charge in [0.25, 0.3) is 0 Å². The molecule has 0 amide bonds. The van der Waals surface area contributed by atoms with E-state index in [1.54, 1.807) is 18.2 Å². The minimum absolute atomic E-state index is 0.181.